The molecule has 0 spiro atoms. The molecule has 188 valence electrons. The monoisotopic (exact) mass is 489 g/mol. The van der Waals surface area contributed by atoms with Gasteiger partial charge in [-0.2, -0.15) is 0 Å². The SMILES string of the molecule is CO/C=C(/C(=O)OC)c1ccccc1COc1cc(C)c(/C=N/OCCOc2ccccc2)cc1C. The van der Waals surface area contributed by atoms with Crippen molar-refractivity contribution in [2.24, 2.45) is 5.16 Å². The molecule has 0 amide bonds. The van der Waals surface area contributed by atoms with Gasteiger partial charge in [-0.3, -0.25) is 0 Å². The van der Waals surface area contributed by atoms with E-state index in [1.54, 1.807) is 6.21 Å². The second-order valence-corrected chi connectivity index (χ2v) is 7.91. The number of hydrogen-bond acceptors (Lipinski definition) is 7. The van der Waals surface area contributed by atoms with Crippen molar-refractivity contribution >= 4 is 17.8 Å². The minimum absolute atomic E-state index is 0.270. The molecular formula is C29H31NO6. The maximum absolute atomic E-state index is 12.2. The predicted octanol–water partition coefficient (Wildman–Crippen LogP) is 5.47. The fraction of sp³-hybridized carbons (Fsp3) is 0.241. The molecule has 0 fully saturated rings. The smallest absolute Gasteiger partial charge is 0.341 e. The summed E-state index contributed by atoms with van der Waals surface area (Å²) in [6.45, 7) is 4.97. The molecule has 3 rings (SSSR count). The zero-order valence-corrected chi connectivity index (χ0v) is 21.0. The molecule has 0 unspecified atom stereocenters. The predicted molar refractivity (Wildman–Crippen MR) is 139 cm³/mol. The van der Waals surface area contributed by atoms with Gasteiger partial charge in [0.15, 0.2) is 6.61 Å². The van der Waals surface area contributed by atoms with E-state index in [4.69, 9.17) is 23.8 Å². The lowest BCUT2D eigenvalue weighted by atomic mass is 10.0. The molecular weight excluding hydrogens is 458 g/mol. The average Bonchev–Trinajstić information content (AvgIpc) is 2.90. The van der Waals surface area contributed by atoms with E-state index >= 15 is 0 Å². The Balaban J connectivity index is 1.61. The molecule has 0 N–H and O–H groups in total. The van der Waals surface area contributed by atoms with Crippen LogP contribution in [0.2, 0.25) is 0 Å². The summed E-state index contributed by atoms with van der Waals surface area (Å²) in [5.74, 6) is 1.06. The second kappa shape index (κ2) is 13.6. The van der Waals surface area contributed by atoms with Gasteiger partial charge in [-0.05, 0) is 65.9 Å². The van der Waals surface area contributed by atoms with Gasteiger partial charge < -0.3 is 23.8 Å². The molecule has 0 heterocycles. The van der Waals surface area contributed by atoms with Crippen molar-refractivity contribution in [1.82, 2.24) is 0 Å². The molecule has 7 nitrogen and oxygen atoms in total. The summed E-state index contributed by atoms with van der Waals surface area (Å²) in [6.07, 6.45) is 3.06. The lowest BCUT2D eigenvalue weighted by Gasteiger charge is -2.15. The highest BCUT2D eigenvalue weighted by Crippen LogP contribution is 2.26. The van der Waals surface area contributed by atoms with Crippen LogP contribution in [0.4, 0.5) is 0 Å². The summed E-state index contributed by atoms with van der Waals surface area (Å²) >= 11 is 0. The maximum atomic E-state index is 12.2. The molecule has 0 aromatic heterocycles. The summed E-state index contributed by atoms with van der Waals surface area (Å²) < 4.78 is 21.7. The standard InChI is InChI=1S/C29H31NO6/c1-21-17-28(35-19-23-10-8-9-13-26(23)27(20-32-3)29(31)33-4)22(2)16-24(21)18-30-36-15-14-34-25-11-6-5-7-12-25/h5-13,16-18,20H,14-15,19H2,1-4H3/b27-20+,30-18+. The van der Waals surface area contributed by atoms with Gasteiger partial charge in [0.1, 0.15) is 30.3 Å². The third-order valence-electron chi connectivity index (χ3n) is 5.35. The lowest BCUT2D eigenvalue weighted by Crippen LogP contribution is -2.08. The number of methoxy groups -OCH3 is 2. The van der Waals surface area contributed by atoms with Crippen molar-refractivity contribution in [1.29, 1.82) is 0 Å². The second-order valence-electron chi connectivity index (χ2n) is 7.91. The first-order chi connectivity index (χ1) is 17.5. The number of hydrogen-bond donors (Lipinski definition) is 0. The van der Waals surface area contributed by atoms with Crippen molar-refractivity contribution in [3.05, 3.63) is 101 Å². The van der Waals surface area contributed by atoms with Crippen molar-refractivity contribution in [3.8, 4) is 11.5 Å². The summed E-state index contributed by atoms with van der Waals surface area (Å²) in [5.41, 5.74) is 4.73. The van der Waals surface area contributed by atoms with Crippen molar-refractivity contribution < 1.29 is 28.6 Å². The summed E-state index contributed by atoms with van der Waals surface area (Å²) in [5, 5.41) is 4.06. The van der Waals surface area contributed by atoms with E-state index in [0.29, 0.717) is 24.4 Å². The Morgan fingerprint density at radius 3 is 2.39 bits per heavy atom. The van der Waals surface area contributed by atoms with Crippen LogP contribution >= 0.6 is 0 Å². The molecule has 0 atom stereocenters. The first-order valence-electron chi connectivity index (χ1n) is 11.5. The first kappa shape index (κ1) is 26.3. The number of aryl methyl sites for hydroxylation is 2. The number of carbonyl (C=O) groups excluding carboxylic acids is 1. The van der Waals surface area contributed by atoms with E-state index in [2.05, 4.69) is 5.16 Å². The molecule has 0 aliphatic heterocycles. The Bertz CT molecular complexity index is 1200. The molecule has 3 aromatic carbocycles. The van der Waals surface area contributed by atoms with Gasteiger partial charge in [-0.15, -0.1) is 0 Å². The molecule has 3 aromatic rings. The third kappa shape index (κ3) is 7.37. The van der Waals surface area contributed by atoms with Gasteiger partial charge in [0, 0.05) is 0 Å². The van der Waals surface area contributed by atoms with Crippen LogP contribution in [0.3, 0.4) is 0 Å². The first-order valence-corrected chi connectivity index (χ1v) is 11.5. The zero-order valence-electron chi connectivity index (χ0n) is 21.0. The van der Waals surface area contributed by atoms with Gasteiger partial charge in [0.05, 0.1) is 26.7 Å². The molecule has 0 bridgehead atoms. The highest BCUT2D eigenvalue weighted by atomic mass is 16.6. The van der Waals surface area contributed by atoms with Gasteiger partial charge in [-0.25, -0.2) is 4.79 Å². The molecule has 7 heteroatoms. The number of ether oxygens (including phenoxy) is 4. The van der Waals surface area contributed by atoms with Crippen LogP contribution in [0.15, 0.2) is 78.1 Å². The van der Waals surface area contributed by atoms with Crippen LogP contribution in [-0.4, -0.2) is 39.6 Å². The maximum Gasteiger partial charge on any atom is 0.341 e. The number of nitrogens with zero attached hydrogens (tertiary/aromatic N) is 1. The molecule has 0 aliphatic rings. The van der Waals surface area contributed by atoms with Crippen LogP contribution < -0.4 is 9.47 Å². The normalized spacial score (nSPS) is 11.3. The molecule has 0 saturated carbocycles. The minimum atomic E-state index is -0.478. The fourth-order valence-corrected chi connectivity index (χ4v) is 3.48. The third-order valence-corrected chi connectivity index (χ3v) is 5.35. The van der Waals surface area contributed by atoms with E-state index in [1.165, 1.54) is 20.5 Å². The largest absolute Gasteiger partial charge is 0.503 e. The summed E-state index contributed by atoms with van der Waals surface area (Å²) in [4.78, 5) is 17.6. The summed E-state index contributed by atoms with van der Waals surface area (Å²) in [6, 6.07) is 21.0. The Morgan fingerprint density at radius 1 is 0.889 bits per heavy atom. The van der Waals surface area contributed by atoms with E-state index in [-0.39, 0.29) is 6.61 Å². The van der Waals surface area contributed by atoms with Crippen molar-refractivity contribution in [3.63, 3.8) is 0 Å². The molecule has 36 heavy (non-hydrogen) atoms. The number of benzene rings is 3. The number of para-hydroxylation sites is 1. The minimum Gasteiger partial charge on any atom is -0.503 e. The highest BCUT2D eigenvalue weighted by Gasteiger charge is 2.17. The summed E-state index contributed by atoms with van der Waals surface area (Å²) in [7, 11) is 2.83. The van der Waals surface area contributed by atoms with Crippen LogP contribution in [0.25, 0.3) is 5.57 Å². The number of carbonyl (C=O) groups is 1. The van der Waals surface area contributed by atoms with Crippen LogP contribution in [0.5, 0.6) is 11.5 Å². The topological polar surface area (TPSA) is 75.6 Å². The Hall–Kier alpha value is -4.26. The number of rotatable bonds is 12. The Kier molecular flexibility index (Phi) is 9.94. The van der Waals surface area contributed by atoms with E-state index in [0.717, 1.165) is 33.8 Å². The van der Waals surface area contributed by atoms with Crippen LogP contribution in [0.1, 0.15) is 27.8 Å². The van der Waals surface area contributed by atoms with Crippen LogP contribution in [-0.2, 0) is 25.7 Å². The van der Waals surface area contributed by atoms with Gasteiger partial charge in [0.2, 0.25) is 0 Å². The molecule has 0 aliphatic carbocycles. The lowest BCUT2D eigenvalue weighted by molar-refractivity contribution is -0.133. The Morgan fingerprint density at radius 2 is 1.64 bits per heavy atom. The van der Waals surface area contributed by atoms with Gasteiger partial charge in [0.25, 0.3) is 0 Å². The van der Waals surface area contributed by atoms with E-state index < -0.39 is 5.97 Å². The van der Waals surface area contributed by atoms with E-state index in [1.807, 2.05) is 80.6 Å². The molecule has 0 radical (unpaired) electrons. The number of esters is 1. The van der Waals surface area contributed by atoms with Gasteiger partial charge >= 0.3 is 5.97 Å². The molecule has 0 saturated heterocycles. The van der Waals surface area contributed by atoms with Crippen molar-refractivity contribution in [2.45, 2.75) is 20.5 Å². The number of oxime groups is 1. The average molecular weight is 490 g/mol. The van der Waals surface area contributed by atoms with Crippen LogP contribution in [0, 0.1) is 13.8 Å². The fourth-order valence-electron chi connectivity index (χ4n) is 3.48. The van der Waals surface area contributed by atoms with Gasteiger partial charge in [-0.1, -0.05) is 47.6 Å². The van der Waals surface area contributed by atoms with E-state index in [9.17, 15) is 4.79 Å². The van der Waals surface area contributed by atoms with Crippen molar-refractivity contribution in [2.75, 3.05) is 27.4 Å². The quantitative estimate of drug-likeness (QED) is 0.0838. The zero-order chi connectivity index (χ0) is 25.8. The Labute approximate surface area is 211 Å². The highest BCUT2D eigenvalue weighted by molar-refractivity contribution is 6.16.